The van der Waals surface area contributed by atoms with Crippen molar-refractivity contribution >= 4 is 26.6 Å². The highest BCUT2D eigenvalue weighted by atomic mass is 32.2. The highest BCUT2D eigenvalue weighted by molar-refractivity contribution is 7.90. The van der Waals surface area contributed by atoms with E-state index in [4.69, 9.17) is 0 Å². The van der Waals surface area contributed by atoms with E-state index in [0.29, 0.717) is 11.5 Å². The van der Waals surface area contributed by atoms with Crippen LogP contribution in [0.5, 0.6) is 0 Å². The highest BCUT2D eigenvalue weighted by Crippen LogP contribution is 2.27. The molecular weight excluding hydrogens is 384 g/mol. The van der Waals surface area contributed by atoms with Crippen molar-refractivity contribution in [1.29, 1.82) is 0 Å². The third-order valence-corrected chi connectivity index (χ3v) is 6.40. The van der Waals surface area contributed by atoms with Crippen LogP contribution in [0.15, 0.2) is 59.6 Å². The number of hydrogen-bond acceptors (Lipinski definition) is 3. The number of aromatic nitrogens is 1. The van der Waals surface area contributed by atoms with Crippen LogP contribution in [0, 0.1) is 5.92 Å². The van der Waals surface area contributed by atoms with Gasteiger partial charge in [-0.1, -0.05) is 44.2 Å². The molecule has 1 amide bonds. The fourth-order valence-corrected chi connectivity index (χ4v) is 4.18. The number of benzene rings is 2. The second-order valence-electron chi connectivity index (χ2n) is 8.04. The number of nitrogens with zero attached hydrogens (tertiary/aromatic N) is 2. The van der Waals surface area contributed by atoms with Crippen molar-refractivity contribution in [3.63, 3.8) is 0 Å². The first-order chi connectivity index (χ1) is 13.6. The number of para-hydroxylation sites is 1. The predicted octanol–water partition coefficient (Wildman–Crippen LogP) is 4.53. The number of fused-ring (bicyclic) bond motifs is 1. The lowest BCUT2D eigenvalue weighted by atomic mass is 10.1. The molecule has 0 aliphatic rings. The summed E-state index contributed by atoms with van der Waals surface area (Å²) in [5.41, 5.74) is 2.63. The van der Waals surface area contributed by atoms with Gasteiger partial charge >= 0.3 is 0 Å². The van der Waals surface area contributed by atoms with Gasteiger partial charge in [0.05, 0.1) is 16.5 Å². The molecule has 29 heavy (non-hydrogen) atoms. The molecule has 0 bridgehead atoms. The molecule has 3 aromatic rings. The Morgan fingerprint density at radius 1 is 1.03 bits per heavy atom. The Bertz CT molecular complexity index is 1130. The van der Waals surface area contributed by atoms with E-state index in [1.807, 2.05) is 37.4 Å². The smallest absolute Gasteiger partial charge is 0.256 e. The highest BCUT2D eigenvalue weighted by Gasteiger charge is 2.23. The van der Waals surface area contributed by atoms with Crippen LogP contribution in [0.3, 0.4) is 0 Å². The molecule has 0 saturated heterocycles. The number of sulfone groups is 1. The molecule has 6 heteroatoms. The van der Waals surface area contributed by atoms with E-state index in [0.717, 1.165) is 23.0 Å². The number of hydrogen-bond donors (Lipinski definition) is 0. The van der Waals surface area contributed by atoms with Gasteiger partial charge in [-0.2, -0.15) is 0 Å². The minimum Gasteiger partial charge on any atom is -0.346 e. The van der Waals surface area contributed by atoms with Crippen LogP contribution in [0.4, 0.5) is 0 Å². The van der Waals surface area contributed by atoms with Crippen LogP contribution < -0.4 is 0 Å². The standard InChI is InChI=1S/C23H28N2O3S/c1-16(2)14-25-15-21(20-8-6-7-9-22(20)25)23(26)24(4)17(3)18-10-12-19(13-11-18)29(5,27)28/h6-13,15-17H,14H2,1-5H3. The van der Waals surface area contributed by atoms with Gasteiger partial charge in [-0.05, 0) is 36.6 Å². The van der Waals surface area contributed by atoms with Crippen molar-refractivity contribution in [3.05, 3.63) is 65.9 Å². The van der Waals surface area contributed by atoms with Gasteiger partial charge in [0, 0.05) is 36.9 Å². The molecule has 1 heterocycles. The average molecular weight is 413 g/mol. The molecule has 0 radical (unpaired) electrons. The van der Waals surface area contributed by atoms with Crippen LogP contribution in [0.1, 0.15) is 42.7 Å². The molecule has 5 nitrogen and oxygen atoms in total. The third kappa shape index (κ3) is 4.37. The first-order valence-corrected chi connectivity index (χ1v) is 11.6. The summed E-state index contributed by atoms with van der Waals surface area (Å²) in [6, 6.07) is 14.5. The fourth-order valence-electron chi connectivity index (χ4n) is 3.54. The predicted molar refractivity (Wildman–Crippen MR) is 117 cm³/mol. The maximum atomic E-state index is 13.3. The molecule has 3 rings (SSSR count). The van der Waals surface area contributed by atoms with Crippen LogP contribution in [0.2, 0.25) is 0 Å². The van der Waals surface area contributed by atoms with Crippen molar-refractivity contribution in [2.75, 3.05) is 13.3 Å². The first-order valence-electron chi connectivity index (χ1n) is 9.74. The Morgan fingerprint density at radius 2 is 1.66 bits per heavy atom. The zero-order chi connectivity index (χ0) is 21.3. The zero-order valence-electron chi connectivity index (χ0n) is 17.6. The molecule has 0 fully saturated rings. The summed E-state index contributed by atoms with van der Waals surface area (Å²) in [6.45, 7) is 7.11. The molecule has 154 valence electrons. The van der Waals surface area contributed by atoms with E-state index in [-0.39, 0.29) is 16.8 Å². The topological polar surface area (TPSA) is 59.4 Å². The van der Waals surface area contributed by atoms with Crippen LogP contribution in [-0.4, -0.2) is 37.1 Å². The quantitative estimate of drug-likeness (QED) is 0.597. The lowest BCUT2D eigenvalue weighted by Gasteiger charge is -2.25. The summed E-state index contributed by atoms with van der Waals surface area (Å²) in [7, 11) is -1.46. The Labute approximate surface area is 172 Å². The summed E-state index contributed by atoms with van der Waals surface area (Å²) in [5, 5.41) is 0.949. The van der Waals surface area contributed by atoms with Gasteiger partial charge in [0.1, 0.15) is 0 Å². The Morgan fingerprint density at radius 3 is 2.24 bits per heavy atom. The minimum absolute atomic E-state index is 0.0524. The van der Waals surface area contributed by atoms with E-state index < -0.39 is 9.84 Å². The minimum atomic E-state index is -3.24. The number of rotatable bonds is 6. The van der Waals surface area contributed by atoms with Gasteiger partial charge in [-0.15, -0.1) is 0 Å². The zero-order valence-corrected chi connectivity index (χ0v) is 18.4. The molecule has 1 unspecified atom stereocenters. The van der Waals surface area contributed by atoms with Crippen molar-refractivity contribution in [2.24, 2.45) is 5.92 Å². The summed E-state index contributed by atoms with van der Waals surface area (Å²) < 4.78 is 25.5. The SMILES string of the molecule is CC(C)Cn1cc(C(=O)N(C)C(C)c2ccc(S(C)(=O)=O)cc2)c2ccccc21. The molecule has 0 aliphatic carbocycles. The third-order valence-electron chi connectivity index (χ3n) is 5.27. The van der Waals surface area contributed by atoms with Crippen molar-refractivity contribution in [3.8, 4) is 0 Å². The summed E-state index contributed by atoms with van der Waals surface area (Å²) >= 11 is 0. The van der Waals surface area contributed by atoms with Gasteiger partial charge in [-0.3, -0.25) is 4.79 Å². The van der Waals surface area contributed by atoms with Gasteiger partial charge in [-0.25, -0.2) is 8.42 Å². The van der Waals surface area contributed by atoms with E-state index in [2.05, 4.69) is 18.4 Å². The summed E-state index contributed by atoms with van der Waals surface area (Å²) in [6.07, 6.45) is 3.14. The molecule has 0 aliphatic heterocycles. The monoisotopic (exact) mass is 412 g/mol. The molecule has 1 atom stereocenters. The van der Waals surface area contributed by atoms with Gasteiger partial charge in [0.15, 0.2) is 9.84 Å². The Balaban J connectivity index is 1.92. The van der Waals surface area contributed by atoms with Gasteiger partial charge in [0.2, 0.25) is 0 Å². The van der Waals surface area contributed by atoms with Crippen LogP contribution >= 0.6 is 0 Å². The second kappa shape index (κ2) is 8.03. The maximum absolute atomic E-state index is 13.3. The number of amides is 1. The van der Waals surface area contributed by atoms with Crippen molar-refractivity contribution in [1.82, 2.24) is 9.47 Å². The molecule has 0 spiro atoms. The maximum Gasteiger partial charge on any atom is 0.256 e. The molecule has 1 aromatic heterocycles. The average Bonchev–Trinajstić information content (AvgIpc) is 3.03. The Kier molecular flexibility index (Phi) is 5.85. The first kappa shape index (κ1) is 21.1. The van der Waals surface area contributed by atoms with Crippen LogP contribution in [-0.2, 0) is 16.4 Å². The second-order valence-corrected chi connectivity index (χ2v) is 10.1. The van der Waals surface area contributed by atoms with Crippen LogP contribution in [0.25, 0.3) is 10.9 Å². The van der Waals surface area contributed by atoms with Gasteiger partial charge in [0.25, 0.3) is 5.91 Å². The lowest BCUT2D eigenvalue weighted by molar-refractivity contribution is 0.0744. The van der Waals surface area contributed by atoms with Gasteiger partial charge < -0.3 is 9.47 Å². The molecular formula is C23H28N2O3S. The molecule has 0 N–H and O–H groups in total. The normalized spacial score (nSPS) is 13.0. The van der Waals surface area contributed by atoms with Crippen molar-refractivity contribution < 1.29 is 13.2 Å². The van der Waals surface area contributed by atoms with E-state index in [1.165, 1.54) is 6.26 Å². The summed E-state index contributed by atoms with van der Waals surface area (Å²) in [5.74, 6) is 0.419. The molecule has 0 saturated carbocycles. The summed E-state index contributed by atoms with van der Waals surface area (Å²) in [4.78, 5) is 15.3. The van der Waals surface area contributed by atoms with E-state index in [1.54, 1.807) is 36.2 Å². The molecule has 2 aromatic carbocycles. The number of carbonyl (C=O) groups is 1. The number of carbonyl (C=O) groups excluding carboxylic acids is 1. The van der Waals surface area contributed by atoms with Crippen molar-refractivity contribution in [2.45, 2.75) is 38.3 Å². The Hall–Kier alpha value is -2.60. The lowest BCUT2D eigenvalue weighted by Crippen LogP contribution is -2.29. The van der Waals surface area contributed by atoms with E-state index in [9.17, 15) is 13.2 Å². The largest absolute Gasteiger partial charge is 0.346 e. The fraction of sp³-hybridized carbons (Fsp3) is 0.348. The van der Waals surface area contributed by atoms with E-state index >= 15 is 0 Å².